The minimum Gasteiger partial charge on any atom is -0.328 e. The maximum atomic E-state index is 5.99. The molecule has 4 heteroatoms. The van der Waals surface area contributed by atoms with Crippen LogP contribution in [0.1, 0.15) is 45.9 Å². The second-order valence-corrected chi connectivity index (χ2v) is 4.84. The van der Waals surface area contributed by atoms with E-state index in [9.17, 15) is 0 Å². The van der Waals surface area contributed by atoms with E-state index >= 15 is 0 Å². The Labute approximate surface area is 98.2 Å². The first-order valence-electron chi connectivity index (χ1n) is 6.25. The summed E-state index contributed by atoms with van der Waals surface area (Å²) < 4.78 is 2.00. The molecule has 92 valence electrons. The van der Waals surface area contributed by atoms with Gasteiger partial charge in [-0.05, 0) is 18.8 Å². The average Bonchev–Trinajstić information content (AvgIpc) is 2.62. The molecule has 0 amide bonds. The summed E-state index contributed by atoms with van der Waals surface area (Å²) in [6.45, 7) is 7.49. The summed E-state index contributed by atoms with van der Waals surface area (Å²) in [4.78, 5) is 4.30. The molecule has 0 aliphatic heterocycles. The minimum atomic E-state index is 0.300. The molecule has 0 bridgehead atoms. The van der Waals surface area contributed by atoms with Gasteiger partial charge in [-0.2, -0.15) is 5.10 Å². The van der Waals surface area contributed by atoms with Crippen LogP contribution >= 0.6 is 0 Å². The molecule has 1 rings (SSSR count). The maximum Gasteiger partial charge on any atom is 0.138 e. The number of nitrogens with two attached hydrogens (primary N) is 1. The van der Waals surface area contributed by atoms with Crippen molar-refractivity contribution in [2.45, 2.75) is 59.0 Å². The Kier molecular flexibility index (Phi) is 5.46. The number of nitrogens with zero attached hydrogens (tertiary/aromatic N) is 3. The van der Waals surface area contributed by atoms with E-state index in [4.69, 9.17) is 5.73 Å². The number of hydrogen-bond donors (Lipinski definition) is 1. The van der Waals surface area contributed by atoms with Crippen molar-refractivity contribution in [2.75, 3.05) is 0 Å². The molecule has 0 aromatic carbocycles. The predicted molar refractivity (Wildman–Crippen MR) is 66.1 cm³/mol. The highest BCUT2D eigenvalue weighted by atomic mass is 15.3. The third kappa shape index (κ3) is 4.31. The van der Waals surface area contributed by atoms with Crippen molar-refractivity contribution in [1.29, 1.82) is 0 Å². The van der Waals surface area contributed by atoms with E-state index in [1.165, 1.54) is 0 Å². The standard InChI is InChI=1S/C12H24N4/c1-4-5-11(13)6-7-12-14-9-15-16(12)8-10(2)3/h9-11H,4-8,13H2,1-3H3. The summed E-state index contributed by atoms with van der Waals surface area (Å²) in [5, 5.41) is 4.25. The molecule has 1 atom stereocenters. The molecule has 0 saturated heterocycles. The zero-order chi connectivity index (χ0) is 12.0. The van der Waals surface area contributed by atoms with E-state index in [2.05, 4.69) is 30.9 Å². The molecule has 1 aromatic heterocycles. The zero-order valence-electron chi connectivity index (χ0n) is 10.7. The van der Waals surface area contributed by atoms with Crippen molar-refractivity contribution in [2.24, 2.45) is 11.7 Å². The molecule has 4 nitrogen and oxygen atoms in total. The van der Waals surface area contributed by atoms with Gasteiger partial charge in [0.1, 0.15) is 12.2 Å². The molecule has 0 radical (unpaired) electrons. The number of rotatable bonds is 7. The first kappa shape index (κ1) is 13.2. The third-order valence-corrected chi connectivity index (χ3v) is 2.63. The first-order chi connectivity index (χ1) is 7.63. The molecule has 2 N–H and O–H groups in total. The van der Waals surface area contributed by atoms with Crippen molar-refractivity contribution in [3.8, 4) is 0 Å². The van der Waals surface area contributed by atoms with Crippen molar-refractivity contribution in [1.82, 2.24) is 14.8 Å². The van der Waals surface area contributed by atoms with Crippen LogP contribution in [0.3, 0.4) is 0 Å². The summed E-state index contributed by atoms with van der Waals surface area (Å²) in [5.74, 6) is 1.67. The fraction of sp³-hybridized carbons (Fsp3) is 0.833. The molecule has 0 saturated carbocycles. The van der Waals surface area contributed by atoms with Crippen molar-refractivity contribution < 1.29 is 0 Å². The Morgan fingerprint density at radius 3 is 2.75 bits per heavy atom. The van der Waals surface area contributed by atoms with Gasteiger partial charge in [-0.25, -0.2) is 9.67 Å². The van der Waals surface area contributed by atoms with Gasteiger partial charge in [0, 0.05) is 19.0 Å². The molecule has 0 spiro atoms. The smallest absolute Gasteiger partial charge is 0.138 e. The van der Waals surface area contributed by atoms with Crippen LogP contribution in [0.5, 0.6) is 0 Å². The zero-order valence-corrected chi connectivity index (χ0v) is 10.7. The van der Waals surface area contributed by atoms with Crippen LogP contribution in [0.25, 0.3) is 0 Å². The van der Waals surface area contributed by atoms with Gasteiger partial charge in [-0.15, -0.1) is 0 Å². The Morgan fingerprint density at radius 2 is 2.12 bits per heavy atom. The van der Waals surface area contributed by atoms with E-state index in [1.807, 2.05) is 4.68 Å². The molecule has 16 heavy (non-hydrogen) atoms. The van der Waals surface area contributed by atoms with Crippen LogP contribution in [0.2, 0.25) is 0 Å². The van der Waals surface area contributed by atoms with Gasteiger partial charge in [0.2, 0.25) is 0 Å². The Hall–Kier alpha value is -0.900. The second-order valence-electron chi connectivity index (χ2n) is 4.84. The lowest BCUT2D eigenvalue weighted by atomic mass is 10.1. The molecular formula is C12H24N4. The first-order valence-corrected chi connectivity index (χ1v) is 6.25. The number of aromatic nitrogens is 3. The highest BCUT2D eigenvalue weighted by Crippen LogP contribution is 2.07. The van der Waals surface area contributed by atoms with Gasteiger partial charge < -0.3 is 5.73 Å². The van der Waals surface area contributed by atoms with Crippen molar-refractivity contribution >= 4 is 0 Å². The summed E-state index contributed by atoms with van der Waals surface area (Å²) in [7, 11) is 0. The lowest BCUT2D eigenvalue weighted by molar-refractivity contribution is 0.456. The van der Waals surface area contributed by atoms with Crippen LogP contribution in [0, 0.1) is 5.92 Å². The van der Waals surface area contributed by atoms with Gasteiger partial charge in [0.25, 0.3) is 0 Å². The van der Waals surface area contributed by atoms with Gasteiger partial charge in [-0.3, -0.25) is 0 Å². The topological polar surface area (TPSA) is 56.7 Å². The molecule has 0 aliphatic carbocycles. The lowest BCUT2D eigenvalue weighted by Gasteiger charge is -2.11. The van der Waals surface area contributed by atoms with Crippen LogP contribution < -0.4 is 5.73 Å². The summed E-state index contributed by atoms with van der Waals surface area (Å²) >= 11 is 0. The SMILES string of the molecule is CCCC(N)CCc1ncnn1CC(C)C. The number of hydrogen-bond acceptors (Lipinski definition) is 3. The van der Waals surface area contributed by atoms with Gasteiger partial charge in [0.15, 0.2) is 0 Å². The van der Waals surface area contributed by atoms with Crippen LogP contribution in [-0.4, -0.2) is 20.8 Å². The molecule has 1 heterocycles. The normalized spacial score (nSPS) is 13.3. The van der Waals surface area contributed by atoms with E-state index in [1.54, 1.807) is 6.33 Å². The summed E-state index contributed by atoms with van der Waals surface area (Å²) in [6.07, 6.45) is 5.83. The van der Waals surface area contributed by atoms with Gasteiger partial charge in [-0.1, -0.05) is 27.2 Å². The molecule has 0 fully saturated rings. The molecule has 1 aromatic rings. The van der Waals surface area contributed by atoms with Crippen LogP contribution in [0.4, 0.5) is 0 Å². The third-order valence-electron chi connectivity index (χ3n) is 2.63. The van der Waals surface area contributed by atoms with Crippen molar-refractivity contribution in [3.05, 3.63) is 12.2 Å². The van der Waals surface area contributed by atoms with E-state index in [-0.39, 0.29) is 0 Å². The highest BCUT2D eigenvalue weighted by molar-refractivity contribution is 4.86. The van der Waals surface area contributed by atoms with Gasteiger partial charge in [0.05, 0.1) is 0 Å². The lowest BCUT2D eigenvalue weighted by Crippen LogP contribution is -2.21. The van der Waals surface area contributed by atoms with Crippen molar-refractivity contribution in [3.63, 3.8) is 0 Å². The largest absolute Gasteiger partial charge is 0.328 e. The van der Waals surface area contributed by atoms with E-state index in [0.717, 1.165) is 38.1 Å². The van der Waals surface area contributed by atoms with E-state index in [0.29, 0.717) is 12.0 Å². The van der Waals surface area contributed by atoms with Crippen LogP contribution in [0.15, 0.2) is 6.33 Å². The second kappa shape index (κ2) is 6.63. The maximum absolute atomic E-state index is 5.99. The van der Waals surface area contributed by atoms with Gasteiger partial charge >= 0.3 is 0 Å². The molecule has 0 aliphatic rings. The molecule has 1 unspecified atom stereocenters. The van der Waals surface area contributed by atoms with Crippen LogP contribution in [-0.2, 0) is 13.0 Å². The fourth-order valence-electron chi connectivity index (χ4n) is 1.81. The average molecular weight is 224 g/mol. The number of aryl methyl sites for hydroxylation is 1. The molecular weight excluding hydrogens is 200 g/mol. The quantitative estimate of drug-likeness (QED) is 0.770. The Bertz CT molecular complexity index is 293. The summed E-state index contributed by atoms with van der Waals surface area (Å²) in [5.41, 5.74) is 5.99. The Morgan fingerprint density at radius 1 is 1.38 bits per heavy atom. The summed E-state index contributed by atoms with van der Waals surface area (Å²) in [6, 6.07) is 0.300. The van der Waals surface area contributed by atoms with E-state index < -0.39 is 0 Å². The monoisotopic (exact) mass is 224 g/mol. The Balaban J connectivity index is 2.44. The predicted octanol–water partition coefficient (Wildman–Crippen LogP) is 1.99. The highest BCUT2D eigenvalue weighted by Gasteiger charge is 2.08. The fourth-order valence-corrected chi connectivity index (χ4v) is 1.81. The minimum absolute atomic E-state index is 0.300.